The molecule has 0 aliphatic rings. The van der Waals surface area contributed by atoms with Gasteiger partial charge in [-0.1, -0.05) is 22.8 Å². The number of nitrogens with two attached hydrogens (primary N) is 1. The van der Waals surface area contributed by atoms with E-state index in [0.29, 0.717) is 17.2 Å². The van der Waals surface area contributed by atoms with Crippen LogP contribution < -0.4 is 5.73 Å². The van der Waals surface area contributed by atoms with Gasteiger partial charge in [0.1, 0.15) is 5.03 Å². The molecule has 1 aromatic heterocycles. The fourth-order valence-corrected chi connectivity index (χ4v) is 2.09. The quantitative estimate of drug-likeness (QED) is 0.821. The van der Waals surface area contributed by atoms with E-state index in [2.05, 4.69) is 5.16 Å². The van der Waals surface area contributed by atoms with Crippen molar-refractivity contribution in [3.63, 3.8) is 0 Å². The van der Waals surface area contributed by atoms with E-state index in [1.54, 1.807) is 17.8 Å². The van der Waals surface area contributed by atoms with Crippen molar-refractivity contribution in [1.29, 1.82) is 0 Å². The highest BCUT2D eigenvalue weighted by Crippen LogP contribution is 2.30. The molecule has 3 nitrogen and oxygen atoms in total. The lowest BCUT2D eigenvalue weighted by atomic mass is 10.3. The van der Waals surface area contributed by atoms with Gasteiger partial charge in [0.15, 0.2) is 5.58 Å². The smallest absolute Gasteiger partial charge is 0.186 e. The molecule has 0 atom stereocenters. The van der Waals surface area contributed by atoms with Crippen molar-refractivity contribution in [1.82, 2.24) is 5.16 Å². The van der Waals surface area contributed by atoms with Gasteiger partial charge in [-0.15, -0.1) is 11.8 Å². The maximum atomic E-state index is 5.94. The van der Waals surface area contributed by atoms with E-state index in [4.69, 9.17) is 21.9 Å². The number of aromatic nitrogens is 1. The molecule has 14 heavy (non-hydrogen) atoms. The molecule has 5 heteroatoms. The molecular formula is C9H9ClN2OS. The molecule has 1 aromatic carbocycles. The summed E-state index contributed by atoms with van der Waals surface area (Å²) in [6, 6.07) is 5.61. The van der Waals surface area contributed by atoms with Crippen molar-refractivity contribution >= 4 is 34.3 Å². The topological polar surface area (TPSA) is 52.0 Å². The summed E-state index contributed by atoms with van der Waals surface area (Å²) in [7, 11) is 0. The average molecular weight is 229 g/mol. The number of benzene rings is 1. The Morgan fingerprint density at radius 3 is 3.14 bits per heavy atom. The molecule has 0 aliphatic heterocycles. The zero-order valence-corrected chi connectivity index (χ0v) is 8.94. The molecule has 0 amide bonds. The van der Waals surface area contributed by atoms with Crippen molar-refractivity contribution in [2.45, 2.75) is 5.03 Å². The standard InChI is InChI=1S/C9H9ClN2OS/c10-7-3-1-2-6-8(7)13-12-9(6)14-5-4-11/h1-3H,4-5,11H2. The van der Waals surface area contributed by atoms with Crippen molar-refractivity contribution in [2.75, 3.05) is 12.3 Å². The Kier molecular flexibility index (Phi) is 2.96. The first-order valence-corrected chi connectivity index (χ1v) is 5.56. The van der Waals surface area contributed by atoms with Gasteiger partial charge in [0.2, 0.25) is 0 Å². The van der Waals surface area contributed by atoms with Gasteiger partial charge in [-0.05, 0) is 12.1 Å². The largest absolute Gasteiger partial charge is 0.354 e. The molecule has 0 fully saturated rings. The second kappa shape index (κ2) is 4.21. The third kappa shape index (κ3) is 1.73. The summed E-state index contributed by atoms with van der Waals surface area (Å²) in [5.74, 6) is 0.828. The molecule has 1 heterocycles. The zero-order chi connectivity index (χ0) is 9.97. The molecule has 0 aliphatic carbocycles. The van der Waals surface area contributed by atoms with Crippen molar-refractivity contribution in [2.24, 2.45) is 5.73 Å². The fourth-order valence-electron chi connectivity index (χ4n) is 1.17. The molecule has 0 spiro atoms. The van der Waals surface area contributed by atoms with Crippen LogP contribution in [0.2, 0.25) is 5.02 Å². The van der Waals surface area contributed by atoms with Crippen LogP contribution in [-0.4, -0.2) is 17.5 Å². The van der Waals surface area contributed by atoms with Gasteiger partial charge in [0.25, 0.3) is 0 Å². The van der Waals surface area contributed by atoms with Gasteiger partial charge in [-0.2, -0.15) is 0 Å². The van der Waals surface area contributed by atoms with Crippen molar-refractivity contribution < 1.29 is 4.52 Å². The van der Waals surface area contributed by atoms with Gasteiger partial charge in [0, 0.05) is 12.3 Å². The van der Waals surface area contributed by atoms with Crippen LogP contribution in [0.1, 0.15) is 0 Å². The minimum Gasteiger partial charge on any atom is -0.354 e. The van der Waals surface area contributed by atoms with Crippen LogP contribution in [-0.2, 0) is 0 Å². The van der Waals surface area contributed by atoms with Gasteiger partial charge < -0.3 is 10.3 Å². The van der Waals surface area contributed by atoms with Crippen LogP contribution in [0.25, 0.3) is 11.0 Å². The number of hydrogen-bond acceptors (Lipinski definition) is 4. The first-order chi connectivity index (χ1) is 6.83. The van der Waals surface area contributed by atoms with Crippen LogP contribution in [0.3, 0.4) is 0 Å². The molecule has 0 radical (unpaired) electrons. The highest BCUT2D eigenvalue weighted by Gasteiger charge is 2.10. The lowest BCUT2D eigenvalue weighted by molar-refractivity contribution is 0.437. The molecule has 0 saturated heterocycles. The third-order valence-corrected chi connectivity index (χ3v) is 3.08. The zero-order valence-electron chi connectivity index (χ0n) is 7.37. The van der Waals surface area contributed by atoms with Gasteiger partial charge >= 0.3 is 0 Å². The minimum atomic E-state index is 0.592. The Bertz CT molecular complexity index is 443. The first-order valence-electron chi connectivity index (χ1n) is 4.19. The maximum Gasteiger partial charge on any atom is 0.186 e. The van der Waals surface area contributed by atoms with Crippen LogP contribution in [0, 0.1) is 0 Å². The minimum absolute atomic E-state index is 0.592. The van der Waals surface area contributed by atoms with E-state index in [9.17, 15) is 0 Å². The first kappa shape index (κ1) is 9.83. The summed E-state index contributed by atoms with van der Waals surface area (Å²) >= 11 is 7.51. The second-order valence-corrected chi connectivity index (χ2v) is 4.23. The molecule has 2 rings (SSSR count). The molecule has 0 saturated carbocycles. The predicted molar refractivity (Wildman–Crippen MR) is 58.8 cm³/mol. The van der Waals surface area contributed by atoms with Gasteiger partial charge in [-0.3, -0.25) is 0 Å². The van der Waals surface area contributed by atoms with Crippen molar-refractivity contribution in [3.05, 3.63) is 23.2 Å². The summed E-state index contributed by atoms with van der Waals surface area (Å²) in [5.41, 5.74) is 6.06. The number of rotatable bonds is 3. The number of fused-ring (bicyclic) bond motifs is 1. The number of para-hydroxylation sites is 1. The Hall–Kier alpha value is -0.710. The third-order valence-electron chi connectivity index (χ3n) is 1.77. The summed E-state index contributed by atoms with van der Waals surface area (Å²) in [5, 5.41) is 6.34. The molecule has 2 aromatic rings. The normalized spacial score (nSPS) is 11.0. The van der Waals surface area contributed by atoms with Gasteiger partial charge in [-0.25, -0.2) is 0 Å². The molecule has 0 unspecified atom stereocenters. The van der Waals surface area contributed by atoms with Crippen LogP contribution in [0.5, 0.6) is 0 Å². The van der Waals surface area contributed by atoms with E-state index < -0.39 is 0 Å². The number of halogens is 1. The molecule has 0 bridgehead atoms. The summed E-state index contributed by atoms with van der Waals surface area (Å²) in [6.45, 7) is 0.625. The number of nitrogens with zero attached hydrogens (tertiary/aromatic N) is 1. The molecule has 74 valence electrons. The summed E-state index contributed by atoms with van der Waals surface area (Å²) < 4.78 is 5.13. The maximum absolute atomic E-state index is 5.94. The van der Waals surface area contributed by atoms with Gasteiger partial charge in [0.05, 0.1) is 10.4 Å². The fraction of sp³-hybridized carbons (Fsp3) is 0.222. The lowest BCUT2D eigenvalue weighted by Gasteiger charge is -1.93. The van der Waals surface area contributed by atoms with E-state index in [0.717, 1.165) is 16.2 Å². The SMILES string of the molecule is NCCSc1noc2c(Cl)cccc12. The average Bonchev–Trinajstić information content (AvgIpc) is 2.60. The highest BCUT2D eigenvalue weighted by atomic mass is 35.5. The molecular weight excluding hydrogens is 220 g/mol. The lowest BCUT2D eigenvalue weighted by Crippen LogP contribution is -2.00. The van der Waals surface area contributed by atoms with Crippen LogP contribution in [0.4, 0.5) is 0 Å². The van der Waals surface area contributed by atoms with E-state index in [-0.39, 0.29) is 0 Å². The molecule has 2 N–H and O–H groups in total. The Balaban J connectivity index is 2.42. The van der Waals surface area contributed by atoms with Crippen LogP contribution >= 0.6 is 23.4 Å². The van der Waals surface area contributed by atoms with Crippen molar-refractivity contribution in [3.8, 4) is 0 Å². The summed E-state index contributed by atoms with van der Waals surface area (Å²) in [6.07, 6.45) is 0. The predicted octanol–water partition coefficient (Wildman–Crippen LogP) is 2.53. The van der Waals surface area contributed by atoms with Crippen LogP contribution in [0.15, 0.2) is 27.7 Å². The number of thioether (sulfide) groups is 1. The Labute approximate surface area is 90.6 Å². The Morgan fingerprint density at radius 2 is 2.36 bits per heavy atom. The van der Waals surface area contributed by atoms with E-state index in [1.165, 1.54) is 0 Å². The number of hydrogen-bond donors (Lipinski definition) is 1. The van der Waals surface area contributed by atoms with E-state index in [1.807, 2.05) is 12.1 Å². The monoisotopic (exact) mass is 228 g/mol. The second-order valence-electron chi connectivity index (χ2n) is 2.74. The summed E-state index contributed by atoms with van der Waals surface area (Å²) in [4.78, 5) is 0. The van der Waals surface area contributed by atoms with E-state index >= 15 is 0 Å². The Morgan fingerprint density at radius 1 is 1.50 bits per heavy atom. The highest BCUT2D eigenvalue weighted by molar-refractivity contribution is 7.99.